The second-order valence-electron chi connectivity index (χ2n) is 6.20. The van der Waals surface area contributed by atoms with Crippen LogP contribution in [-0.2, 0) is 16.0 Å². The molecule has 0 spiro atoms. The lowest BCUT2D eigenvalue weighted by atomic mass is 10.1. The number of carboxylic acid groups (broad SMARTS) is 1. The second-order valence-corrected chi connectivity index (χ2v) is 6.20. The van der Waals surface area contributed by atoms with Crippen molar-refractivity contribution in [3.8, 4) is 0 Å². The van der Waals surface area contributed by atoms with E-state index in [1.165, 1.54) is 0 Å². The van der Waals surface area contributed by atoms with E-state index >= 15 is 0 Å². The fourth-order valence-electron chi connectivity index (χ4n) is 2.19. The zero-order valence-corrected chi connectivity index (χ0v) is 12.6. The lowest BCUT2D eigenvalue weighted by molar-refractivity contribution is -0.137. The van der Waals surface area contributed by atoms with Gasteiger partial charge in [0.1, 0.15) is 5.60 Å². The third-order valence-corrected chi connectivity index (χ3v) is 3.21. The van der Waals surface area contributed by atoms with Crippen LogP contribution < -0.4 is 0 Å². The van der Waals surface area contributed by atoms with Crippen molar-refractivity contribution in [2.45, 2.75) is 45.3 Å². The average molecular weight is 295 g/mol. The van der Waals surface area contributed by atoms with Crippen molar-refractivity contribution in [3.63, 3.8) is 0 Å². The lowest BCUT2D eigenvalue weighted by Crippen LogP contribution is -2.52. The van der Waals surface area contributed by atoms with Gasteiger partial charge in [0.05, 0.1) is 12.5 Å². The van der Waals surface area contributed by atoms with E-state index in [9.17, 15) is 9.59 Å². The summed E-state index contributed by atoms with van der Waals surface area (Å²) in [6, 6.07) is 1.91. The fraction of sp³-hybridized carbons (Fsp3) is 0.643. The van der Waals surface area contributed by atoms with Crippen molar-refractivity contribution < 1.29 is 19.4 Å². The highest BCUT2D eigenvalue weighted by Crippen LogP contribution is 2.24. The van der Waals surface area contributed by atoms with Gasteiger partial charge in [0.25, 0.3) is 0 Å². The minimum atomic E-state index is -0.827. The number of aliphatic carboxylic acids is 1. The topological polar surface area (TPSA) is 84.7 Å². The summed E-state index contributed by atoms with van der Waals surface area (Å²) in [5.41, 5.74) is 0.381. The lowest BCUT2D eigenvalue weighted by Gasteiger charge is -2.40. The normalized spacial score (nSPS) is 15.7. The first-order chi connectivity index (χ1) is 9.76. The number of carboxylic acids is 1. The SMILES string of the molecule is CC(C)(C)OC(=O)N1CC(n2nccc2CCC(=O)O)C1. The Morgan fingerprint density at radius 3 is 2.67 bits per heavy atom. The molecule has 7 nitrogen and oxygen atoms in total. The Labute approximate surface area is 123 Å². The van der Waals surface area contributed by atoms with Gasteiger partial charge in [-0.3, -0.25) is 9.48 Å². The maximum Gasteiger partial charge on any atom is 0.410 e. The number of aryl methyl sites for hydroxylation is 1. The van der Waals surface area contributed by atoms with Gasteiger partial charge in [-0.25, -0.2) is 4.79 Å². The summed E-state index contributed by atoms with van der Waals surface area (Å²) in [6.45, 7) is 6.58. The van der Waals surface area contributed by atoms with Gasteiger partial charge in [0, 0.05) is 25.0 Å². The Morgan fingerprint density at radius 2 is 2.10 bits per heavy atom. The molecule has 2 heterocycles. The number of likely N-dealkylation sites (tertiary alicyclic amines) is 1. The molecule has 1 aliphatic rings. The molecule has 0 saturated carbocycles. The highest BCUT2D eigenvalue weighted by molar-refractivity contribution is 5.69. The van der Waals surface area contributed by atoms with Gasteiger partial charge in [-0.05, 0) is 33.3 Å². The third-order valence-electron chi connectivity index (χ3n) is 3.21. The van der Waals surface area contributed by atoms with E-state index in [4.69, 9.17) is 9.84 Å². The molecule has 1 aromatic heterocycles. The number of carbonyl (C=O) groups excluding carboxylic acids is 1. The summed E-state index contributed by atoms with van der Waals surface area (Å²) in [7, 11) is 0. The van der Waals surface area contributed by atoms with E-state index in [1.807, 2.05) is 31.5 Å². The van der Waals surface area contributed by atoms with Crippen molar-refractivity contribution in [2.75, 3.05) is 13.1 Å². The van der Waals surface area contributed by atoms with Crippen LogP contribution in [0.5, 0.6) is 0 Å². The molecule has 0 aliphatic carbocycles. The molecule has 21 heavy (non-hydrogen) atoms. The second kappa shape index (κ2) is 5.75. The highest BCUT2D eigenvalue weighted by atomic mass is 16.6. The molecule has 1 aliphatic heterocycles. The minimum absolute atomic E-state index is 0.0776. The van der Waals surface area contributed by atoms with Crippen molar-refractivity contribution in [1.82, 2.24) is 14.7 Å². The van der Waals surface area contributed by atoms with Crippen LogP contribution in [0.25, 0.3) is 0 Å². The van der Waals surface area contributed by atoms with Crippen LogP contribution >= 0.6 is 0 Å². The zero-order chi connectivity index (χ0) is 15.6. The number of hydrogen-bond acceptors (Lipinski definition) is 4. The first-order valence-electron chi connectivity index (χ1n) is 6.98. The minimum Gasteiger partial charge on any atom is -0.481 e. The van der Waals surface area contributed by atoms with Crippen LogP contribution in [0.1, 0.15) is 38.9 Å². The molecule has 0 atom stereocenters. The zero-order valence-electron chi connectivity index (χ0n) is 12.6. The Hall–Kier alpha value is -2.05. The number of rotatable bonds is 4. The number of amides is 1. The Balaban J connectivity index is 1.88. The van der Waals surface area contributed by atoms with Gasteiger partial charge in [0.2, 0.25) is 0 Å². The van der Waals surface area contributed by atoms with Crippen LogP contribution in [-0.4, -0.2) is 50.5 Å². The summed E-state index contributed by atoms with van der Waals surface area (Å²) in [4.78, 5) is 24.1. The van der Waals surface area contributed by atoms with E-state index in [-0.39, 0.29) is 18.6 Å². The Morgan fingerprint density at radius 1 is 1.43 bits per heavy atom. The van der Waals surface area contributed by atoms with Crippen molar-refractivity contribution >= 4 is 12.1 Å². The molecule has 0 unspecified atom stereocenters. The van der Waals surface area contributed by atoms with E-state index in [0.29, 0.717) is 19.5 Å². The van der Waals surface area contributed by atoms with E-state index in [0.717, 1.165) is 5.69 Å². The predicted molar refractivity (Wildman–Crippen MR) is 75.0 cm³/mol. The van der Waals surface area contributed by atoms with Crippen molar-refractivity contribution in [2.24, 2.45) is 0 Å². The highest BCUT2D eigenvalue weighted by Gasteiger charge is 2.35. The van der Waals surface area contributed by atoms with Gasteiger partial charge in [-0.15, -0.1) is 0 Å². The number of hydrogen-bond donors (Lipinski definition) is 1. The van der Waals surface area contributed by atoms with Crippen molar-refractivity contribution in [1.29, 1.82) is 0 Å². The predicted octanol–water partition coefficient (Wildman–Crippen LogP) is 1.69. The smallest absolute Gasteiger partial charge is 0.410 e. The molecular weight excluding hydrogens is 274 g/mol. The molecule has 7 heteroatoms. The summed E-state index contributed by atoms with van der Waals surface area (Å²) in [5.74, 6) is -0.827. The van der Waals surface area contributed by atoms with Crippen LogP contribution in [0.3, 0.4) is 0 Å². The summed E-state index contributed by atoms with van der Waals surface area (Å²) >= 11 is 0. The van der Waals surface area contributed by atoms with E-state index in [1.54, 1.807) is 11.1 Å². The number of ether oxygens (including phenoxy) is 1. The largest absolute Gasteiger partial charge is 0.481 e. The van der Waals surface area contributed by atoms with Crippen LogP contribution in [0.2, 0.25) is 0 Å². The Kier molecular flexibility index (Phi) is 4.20. The standard InChI is InChI=1S/C14H21N3O4/c1-14(2,3)21-13(20)16-8-11(9-16)17-10(6-7-15-17)4-5-12(18)19/h6-7,11H,4-5,8-9H2,1-3H3,(H,18,19). The fourth-order valence-corrected chi connectivity index (χ4v) is 2.19. The van der Waals surface area contributed by atoms with E-state index < -0.39 is 11.6 Å². The van der Waals surface area contributed by atoms with Crippen molar-refractivity contribution in [3.05, 3.63) is 18.0 Å². The van der Waals surface area contributed by atoms with Gasteiger partial charge < -0.3 is 14.7 Å². The third kappa shape index (κ3) is 3.96. The number of nitrogens with zero attached hydrogens (tertiary/aromatic N) is 3. The maximum atomic E-state index is 11.9. The summed E-state index contributed by atoms with van der Waals surface area (Å²) in [5, 5.41) is 13.0. The molecule has 1 aromatic rings. The van der Waals surface area contributed by atoms with E-state index in [2.05, 4.69) is 5.10 Å². The van der Waals surface area contributed by atoms with Gasteiger partial charge in [-0.1, -0.05) is 0 Å². The van der Waals surface area contributed by atoms with Crippen LogP contribution in [0.15, 0.2) is 12.3 Å². The van der Waals surface area contributed by atoms with Crippen LogP contribution in [0, 0.1) is 0 Å². The van der Waals surface area contributed by atoms with Gasteiger partial charge in [0.15, 0.2) is 0 Å². The molecule has 1 amide bonds. The first-order valence-corrected chi connectivity index (χ1v) is 6.98. The maximum absolute atomic E-state index is 11.9. The first kappa shape index (κ1) is 15.3. The molecule has 116 valence electrons. The van der Waals surface area contributed by atoms with Crippen LogP contribution in [0.4, 0.5) is 4.79 Å². The Bertz CT molecular complexity index is 527. The molecular formula is C14H21N3O4. The van der Waals surface area contributed by atoms with Gasteiger partial charge in [-0.2, -0.15) is 5.10 Å². The average Bonchev–Trinajstić information content (AvgIpc) is 2.69. The molecule has 1 saturated heterocycles. The number of carbonyl (C=O) groups is 2. The molecule has 1 N–H and O–H groups in total. The number of aromatic nitrogens is 2. The summed E-state index contributed by atoms with van der Waals surface area (Å²) in [6.07, 6.45) is 1.86. The molecule has 0 aromatic carbocycles. The summed E-state index contributed by atoms with van der Waals surface area (Å²) < 4.78 is 7.11. The molecule has 0 radical (unpaired) electrons. The monoisotopic (exact) mass is 295 g/mol. The molecule has 1 fully saturated rings. The molecule has 0 bridgehead atoms. The molecule has 2 rings (SSSR count). The van der Waals surface area contributed by atoms with Gasteiger partial charge >= 0.3 is 12.1 Å². The quantitative estimate of drug-likeness (QED) is 0.913.